The highest BCUT2D eigenvalue weighted by molar-refractivity contribution is 5.55. The molecule has 1 fully saturated rings. The van der Waals surface area contributed by atoms with Gasteiger partial charge in [0.25, 0.3) is 0 Å². The zero-order valence-electron chi connectivity index (χ0n) is 12.7. The number of benzene rings is 1. The third-order valence-corrected chi connectivity index (χ3v) is 4.49. The molecule has 1 aromatic rings. The maximum absolute atomic E-state index is 3.69. The van der Waals surface area contributed by atoms with Gasteiger partial charge in [0, 0.05) is 30.5 Å². The van der Waals surface area contributed by atoms with Gasteiger partial charge < -0.3 is 10.2 Å². The van der Waals surface area contributed by atoms with Crippen molar-refractivity contribution in [2.75, 3.05) is 23.3 Å². The number of anilines is 2. The Morgan fingerprint density at radius 2 is 1.74 bits per heavy atom. The van der Waals surface area contributed by atoms with Gasteiger partial charge in [0.05, 0.1) is 0 Å². The molecule has 0 saturated heterocycles. The largest absolute Gasteiger partial charge is 0.382 e. The van der Waals surface area contributed by atoms with Crippen LogP contribution in [0.3, 0.4) is 0 Å². The monoisotopic (exact) mass is 260 g/mol. The Kier molecular flexibility index (Phi) is 5.12. The van der Waals surface area contributed by atoms with Gasteiger partial charge in [-0.2, -0.15) is 0 Å². The summed E-state index contributed by atoms with van der Waals surface area (Å²) in [5.41, 5.74) is 2.60. The molecule has 1 saturated carbocycles. The number of hydrogen-bond acceptors (Lipinski definition) is 2. The molecule has 1 aliphatic carbocycles. The molecular formula is C17H28N2. The molecule has 0 bridgehead atoms. The second-order valence-electron chi connectivity index (χ2n) is 5.65. The highest BCUT2D eigenvalue weighted by Crippen LogP contribution is 2.30. The zero-order valence-corrected chi connectivity index (χ0v) is 12.7. The minimum absolute atomic E-state index is 0.684. The van der Waals surface area contributed by atoms with Crippen molar-refractivity contribution in [1.82, 2.24) is 0 Å². The molecular weight excluding hydrogens is 232 g/mol. The molecule has 1 aromatic carbocycles. The van der Waals surface area contributed by atoms with Gasteiger partial charge in [-0.15, -0.1) is 0 Å². The predicted molar refractivity (Wildman–Crippen MR) is 85.0 cm³/mol. The molecule has 0 heterocycles. The van der Waals surface area contributed by atoms with E-state index >= 15 is 0 Å². The lowest BCUT2D eigenvalue weighted by Gasteiger charge is -2.22. The third kappa shape index (κ3) is 3.65. The van der Waals surface area contributed by atoms with Gasteiger partial charge in [0.1, 0.15) is 0 Å². The van der Waals surface area contributed by atoms with Gasteiger partial charge in [0.2, 0.25) is 0 Å². The molecule has 2 rings (SSSR count). The van der Waals surface area contributed by atoms with Crippen LogP contribution in [0.15, 0.2) is 24.3 Å². The smallest absolute Gasteiger partial charge is 0.0367 e. The van der Waals surface area contributed by atoms with E-state index < -0.39 is 0 Å². The van der Waals surface area contributed by atoms with Crippen molar-refractivity contribution in [3.8, 4) is 0 Å². The molecule has 2 heteroatoms. The van der Waals surface area contributed by atoms with E-state index in [1.165, 1.54) is 37.1 Å². The highest BCUT2D eigenvalue weighted by atomic mass is 15.1. The Labute approximate surface area is 118 Å². The summed E-state index contributed by atoms with van der Waals surface area (Å²) in [7, 11) is 0. The molecule has 0 amide bonds. The maximum atomic E-state index is 3.69. The lowest BCUT2D eigenvalue weighted by atomic mass is 10.1. The Hall–Kier alpha value is -1.18. The molecule has 1 aliphatic rings. The highest BCUT2D eigenvalue weighted by Gasteiger charge is 2.22. The molecule has 0 spiro atoms. The van der Waals surface area contributed by atoms with Crippen molar-refractivity contribution in [1.29, 1.82) is 0 Å². The third-order valence-electron chi connectivity index (χ3n) is 4.49. The van der Waals surface area contributed by atoms with E-state index in [0.29, 0.717) is 6.04 Å². The lowest BCUT2D eigenvalue weighted by Crippen LogP contribution is -2.21. The average molecular weight is 260 g/mol. The second-order valence-corrected chi connectivity index (χ2v) is 5.65. The summed E-state index contributed by atoms with van der Waals surface area (Å²) in [6.45, 7) is 8.87. The molecule has 2 unspecified atom stereocenters. The zero-order chi connectivity index (χ0) is 13.7. The minimum Gasteiger partial charge on any atom is -0.382 e. The Balaban J connectivity index is 1.92. The fourth-order valence-corrected chi connectivity index (χ4v) is 3.17. The number of hydrogen-bond donors (Lipinski definition) is 1. The summed E-state index contributed by atoms with van der Waals surface area (Å²) < 4.78 is 0. The summed E-state index contributed by atoms with van der Waals surface area (Å²) in [5.74, 6) is 0.937. The lowest BCUT2D eigenvalue weighted by molar-refractivity contribution is 0.525. The molecule has 1 N–H and O–H groups in total. The summed E-state index contributed by atoms with van der Waals surface area (Å²) in [6.07, 6.45) is 5.40. The van der Waals surface area contributed by atoms with Crippen LogP contribution >= 0.6 is 0 Å². The van der Waals surface area contributed by atoms with Gasteiger partial charge in [-0.1, -0.05) is 13.3 Å². The van der Waals surface area contributed by atoms with Crippen molar-refractivity contribution in [2.24, 2.45) is 5.92 Å². The number of nitrogens with one attached hydrogen (secondary N) is 1. The van der Waals surface area contributed by atoms with Crippen LogP contribution in [0.25, 0.3) is 0 Å². The van der Waals surface area contributed by atoms with Crippen LogP contribution in [0.4, 0.5) is 11.4 Å². The van der Waals surface area contributed by atoms with Crippen molar-refractivity contribution in [3.05, 3.63) is 24.3 Å². The van der Waals surface area contributed by atoms with Crippen LogP contribution in [0.2, 0.25) is 0 Å². The second kappa shape index (κ2) is 6.83. The van der Waals surface area contributed by atoms with E-state index in [-0.39, 0.29) is 0 Å². The molecule has 0 aliphatic heterocycles. The van der Waals surface area contributed by atoms with Crippen LogP contribution in [0.5, 0.6) is 0 Å². The van der Waals surface area contributed by atoms with Gasteiger partial charge in [-0.3, -0.25) is 0 Å². The first kappa shape index (κ1) is 14.2. The van der Waals surface area contributed by atoms with E-state index in [4.69, 9.17) is 0 Å². The van der Waals surface area contributed by atoms with Crippen LogP contribution in [-0.4, -0.2) is 19.1 Å². The Morgan fingerprint density at radius 3 is 2.26 bits per heavy atom. The molecule has 0 radical (unpaired) electrons. The van der Waals surface area contributed by atoms with E-state index in [1.54, 1.807) is 0 Å². The van der Waals surface area contributed by atoms with Crippen molar-refractivity contribution in [3.63, 3.8) is 0 Å². The summed E-state index contributed by atoms with van der Waals surface area (Å²) in [6, 6.07) is 9.62. The minimum atomic E-state index is 0.684. The normalized spacial score (nSPS) is 22.5. The molecule has 2 atom stereocenters. The first-order valence-electron chi connectivity index (χ1n) is 7.88. The first-order valence-corrected chi connectivity index (χ1v) is 7.88. The molecule has 106 valence electrons. The quantitative estimate of drug-likeness (QED) is 0.808. The van der Waals surface area contributed by atoms with Crippen molar-refractivity contribution >= 4 is 11.4 Å². The topological polar surface area (TPSA) is 15.3 Å². The SMILES string of the molecule is CCC1CCC(Nc2ccc(N(CC)CC)cc2)C1. The maximum Gasteiger partial charge on any atom is 0.0367 e. The fraction of sp³-hybridized carbons (Fsp3) is 0.647. The van der Waals surface area contributed by atoms with Gasteiger partial charge in [0.15, 0.2) is 0 Å². The van der Waals surface area contributed by atoms with E-state index in [1.807, 2.05) is 0 Å². The molecule has 2 nitrogen and oxygen atoms in total. The molecule has 0 aromatic heterocycles. The van der Waals surface area contributed by atoms with E-state index in [9.17, 15) is 0 Å². The van der Waals surface area contributed by atoms with Crippen LogP contribution < -0.4 is 10.2 Å². The van der Waals surface area contributed by atoms with Crippen LogP contribution in [0.1, 0.15) is 46.5 Å². The fourth-order valence-electron chi connectivity index (χ4n) is 3.17. The summed E-state index contributed by atoms with van der Waals surface area (Å²) in [5, 5.41) is 3.69. The van der Waals surface area contributed by atoms with Crippen molar-refractivity contribution in [2.45, 2.75) is 52.5 Å². The van der Waals surface area contributed by atoms with Crippen molar-refractivity contribution < 1.29 is 0 Å². The predicted octanol–water partition coefficient (Wildman–Crippen LogP) is 4.52. The van der Waals surface area contributed by atoms with Gasteiger partial charge in [-0.25, -0.2) is 0 Å². The molecule has 19 heavy (non-hydrogen) atoms. The number of rotatable bonds is 6. The first-order chi connectivity index (χ1) is 9.26. The van der Waals surface area contributed by atoms with Gasteiger partial charge >= 0.3 is 0 Å². The standard InChI is InChI=1S/C17H28N2/c1-4-14-7-8-16(13-14)18-15-9-11-17(12-10-15)19(5-2)6-3/h9-12,14,16,18H,4-8,13H2,1-3H3. The summed E-state index contributed by atoms with van der Waals surface area (Å²) >= 11 is 0. The number of nitrogens with zero attached hydrogens (tertiary/aromatic N) is 1. The van der Waals surface area contributed by atoms with Crippen LogP contribution in [-0.2, 0) is 0 Å². The Morgan fingerprint density at radius 1 is 1.05 bits per heavy atom. The average Bonchev–Trinajstić information content (AvgIpc) is 2.90. The Bertz CT molecular complexity index is 367. The van der Waals surface area contributed by atoms with Crippen LogP contribution in [0, 0.1) is 5.92 Å². The van der Waals surface area contributed by atoms with E-state index in [2.05, 4.69) is 55.3 Å². The van der Waals surface area contributed by atoms with Gasteiger partial charge in [-0.05, 0) is 63.3 Å². The van der Waals surface area contributed by atoms with E-state index in [0.717, 1.165) is 19.0 Å². The summed E-state index contributed by atoms with van der Waals surface area (Å²) in [4.78, 5) is 2.38.